The van der Waals surface area contributed by atoms with Crippen LogP contribution in [0, 0.1) is 0 Å². The van der Waals surface area contributed by atoms with Crippen LogP contribution in [0.3, 0.4) is 0 Å². The van der Waals surface area contributed by atoms with Crippen LogP contribution in [0.5, 0.6) is 0 Å². The van der Waals surface area contributed by atoms with Gasteiger partial charge in [0.25, 0.3) is 0 Å². The summed E-state index contributed by atoms with van der Waals surface area (Å²) < 4.78 is 5.25. The molecule has 0 aromatic carbocycles. The fourth-order valence-electron chi connectivity index (χ4n) is 1.47. The minimum atomic E-state index is 0.677. The molecule has 0 saturated heterocycles. The molecule has 3 nitrogen and oxygen atoms in total. The Labute approximate surface area is 94.3 Å². The number of thioether (sulfide) groups is 1. The van der Waals surface area contributed by atoms with Crippen LogP contribution in [0.2, 0.25) is 0 Å². The van der Waals surface area contributed by atoms with Crippen LogP contribution in [-0.4, -0.2) is 23.5 Å². The SMILES string of the molecule is CCC1CN=C(NCCc2ccco2)S1. The van der Waals surface area contributed by atoms with Gasteiger partial charge in [-0.05, 0) is 18.6 Å². The van der Waals surface area contributed by atoms with Crippen molar-refractivity contribution in [3.8, 4) is 0 Å². The van der Waals surface area contributed by atoms with Gasteiger partial charge in [-0.15, -0.1) is 0 Å². The summed E-state index contributed by atoms with van der Waals surface area (Å²) in [6.07, 6.45) is 3.82. The van der Waals surface area contributed by atoms with Crippen molar-refractivity contribution in [2.24, 2.45) is 4.99 Å². The first-order chi connectivity index (χ1) is 7.38. The Kier molecular flexibility index (Phi) is 3.72. The van der Waals surface area contributed by atoms with E-state index in [1.54, 1.807) is 6.26 Å². The zero-order valence-electron chi connectivity index (χ0n) is 8.90. The van der Waals surface area contributed by atoms with Crippen LogP contribution in [-0.2, 0) is 6.42 Å². The summed E-state index contributed by atoms with van der Waals surface area (Å²) in [5, 5.41) is 5.11. The van der Waals surface area contributed by atoms with Crippen LogP contribution in [0.25, 0.3) is 0 Å². The smallest absolute Gasteiger partial charge is 0.156 e. The molecule has 82 valence electrons. The van der Waals surface area contributed by atoms with Gasteiger partial charge in [-0.3, -0.25) is 4.99 Å². The van der Waals surface area contributed by atoms with E-state index in [0.29, 0.717) is 5.25 Å². The second-order valence-corrected chi connectivity index (χ2v) is 4.84. The van der Waals surface area contributed by atoms with E-state index in [0.717, 1.165) is 30.4 Å². The molecule has 1 atom stereocenters. The highest BCUT2D eigenvalue weighted by Crippen LogP contribution is 2.21. The summed E-state index contributed by atoms with van der Waals surface area (Å²) in [5.74, 6) is 1.03. The maximum absolute atomic E-state index is 5.25. The average Bonchev–Trinajstić information content (AvgIpc) is 2.88. The number of nitrogens with one attached hydrogen (secondary N) is 1. The Hall–Kier alpha value is -0.900. The lowest BCUT2D eigenvalue weighted by molar-refractivity contribution is 0.507. The number of aliphatic imine (C=N–C) groups is 1. The lowest BCUT2D eigenvalue weighted by atomic mass is 10.3. The normalized spacial score (nSPS) is 20.3. The zero-order valence-corrected chi connectivity index (χ0v) is 9.72. The van der Waals surface area contributed by atoms with Gasteiger partial charge in [0.1, 0.15) is 5.76 Å². The monoisotopic (exact) mass is 224 g/mol. The molecule has 4 heteroatoms. The van der Waals surface area contributed by atoms with Crippen LogP contribution in [0.15, 0.2) is 27.8 Å². The molecule has 1 aromatic heterocycles. The molecule has 0 aliphatic carbocycles. The maximum atomic E-state index is 5.25. The molecule has 1 aliphatic heterocycles. The summed E-state index contributed by atoms with van der Waals surface area (Å²) in [6, 6.07) is 3.92. The summed E-state index contributed by atoms with van der Waals surface area (Å²) in [5.41, 5.74) is 0. The summed E-state index contributed by atoms with van der Waals surface area (Å²) in [7, 11) is 0. The first-order valence-corrected chi connectivity index (χ1v) is 6.24. The van der Waals surface area contributed by atoms with Crippen LogP contribution in [0.1, 0.15) is 19.1 Å². The highest BCUT2D eigenvalue weighted by molar-refractivity contribution is 8.14. The number of hydrogen-bond acceptors (Lipinski definition) is 4. The standard InChI is InChI=1S/C11H16N2OS/c1-2-10-8-13-11(15-10)12-6-5-9-4-3-7-14-9/h3-4,7,10H,2,5-6,8H2,1H3,(H,12,13). The predicted octanol–water partition coefficient (Wildman–Crippen LogP) is 2.29. The van der Waals surface area contributed by atoms with Crippen molar-refractivity contribution < 1.29 is 4.42 Å². The predicted molar refractivity (Wildman–Crippen MR) is 64.4 cm³/mol. The molecule has 0 fully saturated rings. The fourth-order valence-corrected chi connectivity index (χ4v) is 2.44. The molecule has 0 spiro atoms. The van der Waals surface area contributed by atoms with Gasteiger partial charge in [0.2, 0.25) is 0 Å². The molecule has 1 aromatic rings. The van der Waals surface area contributed by atoms with Crippen molar-refractivity contribution in [2.45, 2.75) is 25.0 Å². The van der Waals surface area contributed by atoms with Gasteiger partial charge in [0, 0.05) is 18.2 Å². The largest absolute Gasteiger partial charge is 0.469 e. The van der Waals surface area contributed by atoms with Crippen molar-refractivity contribution in [1.29, 1.82) is 0 Å². The number of hydrogen-bond donors (Lipinski definition) is 1. The summed E-state index contributed by atoms with van der Waals surface area (Å²) >= 11 is 1.86. The van der Waals surface area contributed by atoms with Gasteiger partial charge in [0.05, 0.1) is 12.8 Å². The van der Waals surface area contributed by atoms with Crippen molar-refractivity contribution in [1.82, 2.24) is 5.32 Å². The van der Waals surface area contributed by atoms with Gasteiger partial charge in [-0.1, -0.05) is 18.7 Å². The highest BCUT2D eigenvalue weighted by Gasteiger charge is 2.16. The first-order valence-electron chi connectivity index (χ1n) is 5.36. The lowest BCUT2D eigenvalue weighted by Gasteiger charge is -2.05. The minimum absolute atomic E-state index is 0.677. The molecule has 1 N–H and O–H groups in total. The third-order valence-electron chi connectivity index (χ3n) is 2.40. The molecule has 0 radical (unpaired) electrons. The average molecular weight is 224 g/mol. The lowest BCUT2D eigenvalue weighted by Crippen LogP contribution is -2.22. The Morgan fingerprint density at radius 3 is 3.27 bits per heavy atom. The van der Waals surface area contributed by atoms with Gasteiger partial charge < -0.3 is 9.73 Å². The first kappa shape index (κ1) is 10.6. The molecule has 1 aliphatic rings. The maximum Gasteiger partial charge on any atom is 0.156 e. The molecule has 1 unspecified atom stereocenters. The van der Waals surface area contributed by atoms with Crippen molar-refractivity contribution in [3.63, 3.8) is 0 Å². The Morgan fingerprint density at radius 2 is 2.60 bits per heavy atom. The van der Waals surface area contributed by atoms with E-state index in [-0.39, 0.29) is 0 Å². The second kappa shape index (κ2) is 5.26. The van der Waals surface area contributed by atoms with E-state index < -0.39 is 0 Å². The number of furan rings is 1. The number of amidine groups is 1. The Balaban J connectivity index is 1.67. The van der Waals surface area contributed by atoms with E-state index in [1.807, 2.05) is 23.9 Å². The van der Waals surface area contributed by atoms with Gasteiger partial charge >= 0.3 is 0 Å². The minimum Gasteiger partial charge on any atom is -0.469 e. The third kappa shape index (κ3) is 3.02. The van der Waals surface area contributed by atoms with Gasteiger partial charge in [-0.25, -0.2) is 0 Å². The third-order valence-corrected chi connectivity index (χ3v) is 3.71. The van der Waals surface area contributed by atoms with Crippen LogP contribution >= 0.6 is 11.8 Å². The summed E-state index contributed by atoms with van der Waals surface area (Å²) in [4.78, 5) is 4.44. The van der Waals surface area contributed by atoms with Crippen molar-refractivity contribution >= 4 is 16.9 Å². The molecular formula is C11H16N2OS. The van der Waals surface area contributed by atoms with E-state index in [1.165, 1.54) is 6.42 Å². The van der Waals surface area contributed by atoms with Crippen molar-refractivity contribution in [3.05, 3.63) is 24.2 Å². The van der Waals surface area contributed by atoms with E-state index in [9.17, 15) is 0 Å². The topological polar surface area (TPSA) is 37.5 Å². The van der Waals surface area contributed by atoms with Crippen LogP contribution < -0.4 is 5.32 Å². The molecular weight excluding hydrogens is 208 g/mol. The van der Waals surface area contributed by atoms with E-state index >= 15 is 0 Å². The van der Waals surface area contributed by atoms with Crippen molar-refractivity contribution in [2.75, 3.05) is 13.1 Å². The highest BCUT2D eigenvalue weighted by atomic mass is 32.2. The molecule has 0 amide bonds. The number of nitrogens with zero attached hydrogens (tertiary/aromatic N) is 1. The Morgan fingerprint density at radius 1 is 1.67 bits per heavy atom. The Bertz CT molecular complexity index is 321. The quantitative estimate of drug-likeness (QED) is 0.852. The molecule has 0 saturated carbocycles. The van der Waals surface area contributed by atoms with Gasteiger partial charge in [-0.2, -0.15) is 0 Å². The van der Waals surface area contributed by atoms with E-state index in [4.69, 9.17) is 4.42 Å². The van der Waals surface area contributed by atoms with Gasteiger partial charge in [0.15, 0.2) is 5.17 Å². The molecule has 2 rings (SSSR count). The zero-order chi connectivity index (χ0) is 10.5. The second-order valence-electron chi connectivity index (χ2n) is 3.55. The molecule has 0 bridgehead atoms. The summed E-state index contributed by atoms with van der Waals surface area (Å²) in [6.45, 7) is 4.07. The fraction of sp³-hybridized carbons (Fsp3) is 0.545. The van der Waals surface area contributed by atoms with E-state index in [2.05, 4.69) is 17.2 Å². The molecule has 15 heavy (non-hydrogen) atoms. The number of rotatable bonds is 4. The van der Waals surface area contributed by atoms with Crippen LogP contribution in [0.4, 0.5) is 0 Å². The molecule has 2 heterocycles.